The number of rotatable bonds is 6. The third-order valence-electron chi connectivity index (χ3n) is 3.20. The van der Waals surface area contributed by atoms with Gasteiger partial charge in [-0.05, 0) is 35.7 Å². The van der Waals surface area contributed by atoms with E-state index in [1.165, 1.54) is 0 Å². The number of nitrogens with one attached hydrogen (secondary N) is 1. The lowest BCUT2D eigenvalue weighted by molar-refractivity contribution is -0.125. The van der Waals surface area contributed by atoms with E-state index in [4.69, 9.17) is 21.4 Å². The zero-order chi connectivity index (χ0) is 18.1. The third kappa shape index (κ3) is 6.68. The second-order valence-corrected chi connectivity index (χ2v) is 5.53. The van der Waals surface area contributed by atoms with E-state index in [2.05, 4.69) is 17.2 Å². The minimum absolute atomic E-state index is 0.170. The molecular weight excluding hydrogens is 342 g/mol. The van der Waals surface area contributed by atoms with E-state index in [1.807, 2.05) is 30.3 Å². The monoisotopic (exact) mass is 357 g/mol. The fourth-order valence-corrected chi connectivity index (χ4v) is 2.05. The number of ether oxygens (including phenoxy) is 1. The second kappa shape index (κ2) is 9.48. The van der Waals surface area contributed by atoms with Crippen molar-refractivity contribution in [1.82, 2.24) is 5.32 Å². The van der Waals surface area contributed by atoms with Gasteiger partial charge < -0.3 is 15.2 Å². The van der Waals surface area contributed by atoms with E-state index in [-0.39, 0.29) is 13.2 Å². The minimum atomic E-state index is -1.23. The lowest BCUT2D eigenvalue weighted by Gasteiger charge is -2.14. The van der Waals surface area contributed by atoms with Gasteiger partial charge >= 0.3 is 6.09 Å². The molecule has 6 heteroatoms. The molecule has 0 fully saturated rings. The highest BCUT2D eigenvalue weighted by Gasteiger charge is 2.18. The summed E-state index contributed by atoms with van der Waals surface area (Å²) in [7, 11) is 0. The fraction of sp³-hybridized carbons (Fsp3) is 0.158. The van der Waals surface area contributed by atoms with Crippen LogP contribution in [-0.2, 0) is 16.1 Å². The van der Waals surface area contributed by atoms with Crippen LogP contribution in [0.1, 0.15) is 11.1 Å². The average molecular weight is 358 g/mol. The third-order valence-corrected chi connectivity index (χ3v) is 3.45. The molecule has 0 aliphatic carbocycles. The summed E-state index contributed by atoms with van der Waals surface area (Å²) in [4.78, 5) is 22.9. The topological polar surface area (TPSA) is 75.6 Å². The Morgan fingerprint density at radius 2 is 1.80 bits per heavy atom. The predicted molar refractivity (Wildman–Crippen MR) is 94.4 cm³/mol. The van der Waals surface area contributed by atoms with Crippen molar-refractivity contribution in [3.8, 4) is 11.8 Å². The molecule has 2 rings (SSSR count). The molecule has 128 valence electrons. The molecular formula is C19H16ClNO4. The molecule has 0 spiro atoms. The Kier molecular flexibility index (Phi) is 7.02. The van der Waals surface area contributed by atoms with Gasteiger partial charge in [-0.1, -0.05) is 47.9 Å². The molecule has 0 bridgehead atoms. The Hall–Kier alpha value is -2.81. The first-order chi connectivity index (χ1) is 12.0. The molecule has 0 radical (unpaired) electrons. The van der Waals surface area contributed by atoms with Crippen molar-refractivity contribution in [1.29, 1.82) is 0 Å². The summed E-state index contributed by atoms with van der Waals surface area (Å²) >= 11 is 5.80. The van der Waals surface area contributed by atoms with Gasteiger partial charge in [0.2, 0.25) is 5.78 Å². The van der Waals surface area contributed by atoms with Gasteiger partial charge in [-0.3, -0.25) is 4.79 Å². The van der Waals surface area contributed by atoms with Crippen LogP contribution in [0, 0.1) is 11.8 Å². The van der Waals surface area contributed by atoms with Gasteiger partial charge in [0, 0.05) is 10.6 Å². The summed E-state index contributed by atoms with van der Waals surface area (Å²) in [5.74, 6) is 4.71. The molecule has 0 saturated carbocycles. The van der Waals surface area contributed by atoms with Crippen LogP contribution in [-0.4, -0.2) is 29.6 Å². The van der Waals surface area contributed by atoms with Gasteiger partial charge in [-0.25, -0.2) is 4.79 Å². The molecule has 5 nitrogen and oxygen atoms in total. The van der Waals surface area contributed by atoms with Crippen molar-refractivity contribution in [3.05, 3.63) is 70.7 Å². The van der Waals surface area contributed by atoms with Crippen molar-refractivity contribution >= 4 is 23.5 Å². The Morgan fingerprint density at radius 3 is 2.44 bits per heavy atom. The molecule has 1 atom stereocenters. The van der Waals surface area contributed by atoms with Crippen molar-refractivity contribution in [3.63, 3.8) is 0 Å². The lowest BCUT2D eigenvalue weighted by Crippen LogP contribution is -2.37. The van der Waals surface area contributed by atoms with Gasteiger partial charge in [0.05, 0.1) is 13.2 Å². The van der Waals surface area contributed by atoms with E-state index < -0.39 is 18.0 Å². The first-order valence-electron chi connectivity index (χ1n) is 7.48. The summed E-state index contributed by atoms with van der Waals surface area (Å²) in [6.45, 7) is 0.0114. The summed E-state index contributed by atoms with van der Waals surface area (Å²) in [6.07, 6.45) is -2.22. The highest BCUT2D eigenvalue weighted by Crippen LogP contribution is 2.08. The maximum absolute atomic E-state index is 12.3. The molecule has 0 heterocycles. The van der Waals surface area contributed by atoms with Crippen molar-refractivity contribution in [2.45, 2.75) is 12.7 Å². The number of Topliss-reactive ketones (excluding diaryl/α,β-unsaturated/α-hetero) is 1. The van der Waals surface area contributed by atoms with E-state index >= 15 is 0 Å². The summed E-state index contributed by atoms with van der Waals surface area (Å²) < 4.78 is 5.55. The van der Waals surface area contributed by atoms with Gasteiger partial charge in [0.15, 0.2) is 0 Å². The first-order valence-corrected chi connectivity index (χ1v) is 7.86. The minimum Gasteiger partial charge on any atom is -0.465 e. The molecule has 2 aromatic rings. The fourth-order valence-electron chi connectivity index (χ4n) is 1.93. The normalized spacial score (nSPS) is 11.1. The highest BCUT2D eigenvalue weighted by atomic mass is 35.5. The number of carboxylic acid groups (broad SMARTS) is 1. The number of amides is 1. The Balaban J connectivity index is 2.04. The van der Waals surface area contributed by atoms with Crippen LogP contribution in [0.25, 0.3) is 0 Å². The summed E-state index contributed by atoms with van der Waals surface area (Å²) in [5.41, 5.74) is 1.51. The first kappa shape index (κ1) is 18.5. The van der Waals surface area contributed by atoms with Crippen LogP contribution in [0.5, 0.6) is 0 Å². The molecule has 1 amide bonds. The quantitative estimate of drug-likeness (QED) is 0.779. The van der Waals surface area contributed by atoms with Crippen molar-refractivity contribution in [2.24, 2.45) is 0 Å². The molecule has 0 aliphatic rings. The Bertz CT molecular complexity index is 779. The molecule has 25 heavy (non-hydrogen) atoms. The number of benzene rings is 2. The Labute approximate surface area is 150 Å². The standard InChI is InChI=1S/C19H16ClNO4/c20-16-9-6-14(7-10-16)8-11-17(22)18(12-21-19(23)24)25-13-15-4-2-1-3-5-15/h1-7,9-10,18,21H,12-13H2,(H,23,24). The largest absolute Gasteiger partial charge is 0.465 e. The predicted octanol–water partition coefficient (Wildman–Crippen LogP) is 3.11. The van der Waals surface area contributed by atoms with Crippen LogP contribution in [0.2, 0.25) is 5.02 Å². The highest BCUT2D eigenvalue weighted by molar-refractivity contribution is 6.30. The zero-order valence-corrected chi connectivity index (χ0v) is 14.0. The lowest BCUT2D eigenvalue weighted by atomic mass is 10.2. The van der Waals surface area contributed by atoms with Crippen LogP contribution in [0.4, 0.5) is 4.79 Å². The number of carbonyl (C=O) groups is 2. The van der Waals surface area contributed by atoms with Crippen LogP contribution >= 0.6 is 11.6 Å². The molecule has 2 aromatic carbocycles. The van der Waals surface area contributed by atoms with E-state index in [9.17, 15) is 9.59 Å². The maximum Gasteiger partial charge on any atom is 0.404 e. The maximum atomic E-state index is 12.3. The van der Waals surface area contributed by atoms with Crippen LogP contribution < -0.4 is 5.32 Å². The number of hydrogen-bond acceptors (Lipinski definition) is 3. The second-order valence-electron chi connectivity index (χ2n) is 5.09. The van der Waals surface area contributed by atoms with Gasteiger partial charge in [-0.15, -0.1) is 0 Å². The zero-order valence-electron chi connectivity index (χ0n) is 13.2. The number of halogens is 1. The molecule has 1 unspecified atom stereocenters. The van der Waals surface area contributed by atoms with Crippen LogP contribution in [0.15, 0.2) is 54.6 Å². The average Bonchev–Trinajstić information content (AvgIpc) is 2.61. The van der Waals surface area contributed by atoms with E-state index in [1.54, 1.807) is 24.3 Å². The van der Waals surface area contributed by atoms with Gasteiger partial charge in [0.25, 0.3) is 0 Å². The number of hydrogen-bond donors (Lipinski definition) is 2. The summed E-state index contributed by atoms with van der Waals surface area (Å²) in [6, 6.07) is 16.0. The molecule has 0 aliphatic heterocycles. The van der Waals surface area contributed by atoms with Crippen molar-refractivity contribution < 1.29 is 19.4 Å². The number of ketones is 1. The van der Waals surface area contributed by atoms with Gasteiger partial charge in [0.1, 0.15) is 6.10 Å². The molecule has 2 N–H and O–H groups in total. The van der Waals surface area contributed by atoms with Crippen LogP contribution in [0.3, 0.4) is 0 Å². The van der Waals surface area contributed by atoms with Crippen molar-refractivity contribution in [2.75, 3.05) is 6.54 Å². The SMILES string of the molecule is O=C(O)NCC(OCc1ccccc1)C(=O)C#Cc1ccc(Cl)cc1. The Morgan fingerprint density at radius 1 is 1.12 bits per heavy atom. The molecule has 0 saturated heterocycles. The smallest absolute Gasteiger partial charge is 0.404 e. The van der Waals surface area contributed by atoms with E-state index in [0.29, 0.717) is 10.6 Å². The molecule has 0 aromatic heterocycles. The number of carbonyl (C=O) groups excluding carboxylic acids is 1. The summed E-state index contributed by atoms with van der Waals surface area (Å²) in [5, 5.41) is 11.5. The van der Waals surface area contributed by atoms with Gasteiger partial charge in [-0.2, -0.15) is 0 Å². The van der Waals surface area contributed by atoms with E-state index in [0.717, 1.165) is 5.56 Å².